The van der Waals surface area contributed by atoms with Gasteiger partial charge >= 0.3 is 0 Å². The zero-order valence-corrected chi connectivity index (χ0v) is 16.3. The standard InChI is InChI=1S/C21H29N3O3/c1-4-26-17-14-21(22,20(17,2)3)19(25)24-12-7-13-27-16-10-5-8-15-9-6-11-23-18(15)16/h5-6,8-11,17H,4,7,12-14,22H2,1-3H3,(H,24,25). The minimum atomic E-state index is -0.882. The molecule has 0 radical (unpaired) electrons. The minimum Gasteiger partial charge on any atom is -0.491 e. The van der Waals surface area contributed by atoms with E-state index in [1.54, 1.807) is 6.20 Å². The molecule has 0 spiro atoms. The number of aromatic nitrogens is 1. The molecule has 0 saturated heterocycles. The third kappa shape index (κ3) is 3.64. The van der Waals surface area contributed by atoms with Crippen molar-refractivity contribution >= 4 is 16.8 Å². The number of ether oxygens (including phenoxy) is 2. The lowest BCUT2D eigenvalue weighted by Gasteiger charge is -2.57. The highest BCUT2D eigenvalue weighted by Gasteiger charge is 2.62. The molecule has 0 bridgehead atoms. The number of amides is 1. The van der Waals surface area contributed by atoms with Crippen molar-refractivity contribution < 1.29 is 14.3 Å². The number of nitrogens with one attached hydrogen (secondary N) is 1. The van der Waals surface area contributed by atoms with Crippen molar-refractivity contribution in [2.45, 2.75) is 45.3 Å². The van der Waals surface area contributed by atoms with Crippen molar-refractivity contribution in [3.8, 4) is 5.75 Å². The maximum Gasteiger partial charge on any atom is 0.240 e. The number of nitrogens with two attached hydrogens (primary N) is 1. The number of benzene rings is 1. The lowest BCUT2D eigenvalue weighted by Crippen LogP contribution is -2.75. The summed E-state index contributed by atoms with van der Waals surface area (Å²) in [5.74, 6) is 0.643. The van der Waals surface area contributed by atoms with E-state index >= 15 is 0 Å². The molecule has 6 heteroatoms. The number of para-hydroxylation sites is 1. The summed E-state index contributed by atoms with van der Waals surface area (Å²) in [6.07, 6.45) is 3.03. The molecule has 146 valence electrons. The Morgan fingerprint density at radius 2 is 2.11 bits per heavy atom. The molecule has 3 N–H and O–H groups in total. The molecule has 1 aromatic heterocycles. The molecule has 1 saturated carbocycles. The SMILES string of the molecule is CCOC1CC(N)(C(=O)NCCCOc2cccc3cccnc23)C1(C)C. The van der Waals surface area contributed by atoms with Gasteiger partial charge in [-0.15, -0.1) is 0 Å². The van der Waals surface area contributed by atoms with Crippen LogP contribution in [0, 0.1) is 5.41 Å². The van der Waals surface area contributed by atoms with Gasteiger partial charge in [0.2, 0.25) is 5.91 Å². The molecule has 1 aromatic carbocycles. The van der Waals surface area contributed by atoms with E-state index in [1.165, 1.54) is 0 Å². The van der Waals surface area contributed by atoms with Gasteiger partial charge in [0.1, 0.15) is 16.8 Å². The van der Waals surface area contributed by atoms with Gasteiger partial charge in [0, 0.05) is 36.6 Å². The van der Waals surface area contributed by atoms with Gasteiger partial charge in [-0.25, -0.2) is 0 Å². The van der Waals surface area contributed by atoms with Gasteiger partial charge in [0.15, 0.2) is 0 Å². The highest BCUT2D eigenvalue weighted by molar-refractivity contribution is 5.88. The molecule has 1 heterocycles. The summed E-state index contributed by atoms with van der Waals surface area (Å²) in [7, 11) is 0. The molecule has 0 aliphatic heterocycles. The quantitative estimate of drug-likeness (QED) is 0.697. The molecule has 6 nitrogen and oxygen atoms in total. The van der Waals surface area contributed by atoms with Gasteiger partial charge in [-0.2, -0.15) is 0 Å². The van der Waals surface area contributed by atoms with Gasteiger partial charge in [-0.1, -0.05) is 32.0 Å². The summed E-state index contributed by atoms with van der Waals surface area (Å²) in [5, 5.41) is 4.00. The van der Waals surface area contributed by atoms with Gasteiger partial charge in [0.25, 0.3) is 0 Å². The van der Waals surface area contributed by atoms with Crippen LogP contribution in [0.25, 0.3) is 10.9 Å². The Hall–Kier alpha value is -2.18. The third-order valence-electron chi connectivity index (χ3n) is 5.70. The molecule has 2 atom stereocenters. The highest BCUT2D eigenvalue weighted by atomic mass is 16.5. The van der Waals surface area contributed by atoms with Gasteiger partial charge in [-0.3, -0.25) is 9.78 Å². The number of fused-ring (bicyclic) bond motifs is 1. The van der Waals surface area contributed by atoms with Crippen molar-refractivity contribution in [2.24, 2.45) is 11.1 Å². The molecule has 1 aliphatic carbocycles. The van der Waals surface area contributed by atoms with Crippen molar-refractivity contribution in [1.29, 1.82) is 0 Å². The van der Waals surface area contributed by atoms with Crippen LogP contribution in [0.5, 0.6) is 5.75 Å². The van der Waals surface area contributed by atoms with E-state index in [1.807, 2.05) is 51.1 Å². The first kappa shape index (κ1) is 19.6. The van der Waals surface area contributed by atoms with Gasteiger partial charge in [-0.05, 0) is 25.5 Å². The van der Waals surface area contributed by atoms with Crippen LogP contribution in [-0.2, 0) is 9.53 Å². The fraction of sp³-hybridized carbons (Fsp3) is 0.524. The summed E-state index contributed by atoms with van der Waals surface area (Å²) < 4.78 is 11.5. The zero-order valence-electron chi connectivity index (χ0n) is 16.3. The first-order chi connectivity index (χ1) is 12.9. The third-order valence-corrected chi connectivity index (χ3v) is 5.70. The summed E-state index contributed by atoms with van der Waals surface area (Å²) >= 11 is 0. The lowest BCUT2D eigenvalue weighted by molar-refractivity contribution is -0.170. The lowest BCUT2D eigenvalue weighted by atomic mass is 9.54. The molecular formula is C21H29N3O3. The molecular weight excluding hydrogens is 342 g/mol. The van der Waals surface area contributed by atoms with Crippen molar-refractivity contribution in [2.75, 3.05) is 19.8 Å². The maximum absolute atomic E-state index is 12.6. The predicted octanol–water partition coefficient (Wildman–Crippen LogP) is 2.65. The van der Waals surface area contributed by atoms with Crippen molar-refractivity contribution in [3.05, 3.63) is 36.5 Å². The van der Waals surface area contributed by atoms with E-state index in [4.69, 9.17) is 15.2 Å². The second-order valence-electron chi connectivity index (χ2n) is 7.63. The second kappa shape index (κ2) is 7.82. The first-order valence-corrected chi connectivity index (χ1v) is 9.55. The average Bonchev–Trinajstić information content (AvgIpc) is 2.67. The Labute approximate surface area is 160 Å². The number of nitrogens with zero attached hydrogens (tertiary/aromatic N) is 1. The summed E-state index contributed by atoms with van der Waals surface area (Å²) in [4.78, 5) is 17.0. The van der Waals surface area contributed by atoms with E-state index in [0.29, 0.717) is 32.6 Å². The maximum atomic E-state index is 12.6. The van der Waals surface area contributed by atoms with Crippen LogP contribution in [0.15, 0.2) is 36.5 Å². The van der Waals surface area contributed by atoms with E-state index in [0.717, 1.165) is 16.7 Å². The smallest absolute Gasteiger partial charge is 0.240 e. The second-order valence-corrected chi connectivity index (χ2v) is 7.63. The Bertz CT molecular complexity index is 803. The highest BCUT2D eigenvalue weighted by Crippen LogP contribution is 2.49. The van der Waals surface area contributed by atoms with Crippen LogP contribution in [-0.4, -0.2) is 42.3 Å². The van der Waals surface area contributed by atoms with E-state index in [9.17, 15) is 4.79 Å². The Morgan fingerprint density at radius 1 is 1.33 bits per heavy atom. The summed E-state index contributed by atoms with van der Waals surface area (Å²) in [5.41, 5.74) is 5.97. The fourth-order valence-electron chi connectivity index (χ4n) is 3.63. The van der Waals surface area contributed by atoms with Crippen LogP contribution in [0.4, 0.5) is 0 Å². The number of hydrogen-bond acceptors (Lipinski definition) is 5. The first-order valence-electron chi connectivity index (χ1n) is 9.55. The number of carbonyl (C=O) groups is 1. The molecule has 1 fully saturated rings. The number of pyridine rings is 1. The molecule has 1 aliphatic rings. The Balaban J connectivity index is 1.46. The molecule has 2 unspecified atom stereocenters. The van der Waals surface area contributed by atoms with Crippen LogP contribution in [0.3, 0.4) is 0 Å². The van der Waals surface area contributed by atoms with Crippen LogP contribution in [0.1, 0.15) is 33.6 Å². The molecule has 1 amide bonds. The van der Waals surface area contributed by atoms with Crippen molar-refractivity contribution in [1.82, 2.24) is 10.3 Å². The molecule has 2 aromatic rings. The van der Waals surface area contributed by atoms with Crippen LogP contribution >= 0.6 is 0 Å². The number of carbonyl (C=O) groups excluding carboxylic acids is 1. The van der Waals surface area contributed by atoms with E-state index in [-0.39, 0.29) is 17.4 Å². The van der Waals surface area contributed by atoms with Crippen LogP contribution in [0.2, 0.25) is 0 Å². The monoisotopic (exact) mass is 371 g/mol. The van der Waals surface area contributed by atoms with Gasteiger partial charge < -0.3 is 20.5 Å². The van der Waals surface area contributed by atoms with E-state index < -0.39 is 5.54 Å². The minimum absolute atomic E-state index is 0.0282. The predicted molar refractivity (Wildman–Crippen MR) is 106 cm³/mol. The summed E-state index contributed by atoms with van der Waals surface area (Å²) in [6, 6.07) is 9.78. The normalized spacial score (nSPS) is 23.6. The topological polar surface area (TPSA) is 86.5 Å². The Kier molecular flexibility index (Phi) is 5.67. The fourth-order valence-corrected chi connectivity index (χ4v) is 3.63. The zero-order chi connectivity index (χ0) is 19.5. The molecule has 3 rings (SSSR count). The molecule has 27 heavy (non-hydrogen) atoms. The number of rotatable bonds is 8. The summed E-state index contributed by atoms with van der Waals surface area (Å²) in [6.45, 7) is 7.59. The number of hydrogen-bond donors (Lipinski definition) is 2. The largest absolute Gasteiger partial charge is 0.491 e. The van der Waals surface area contributed by atoms with E-state index in [2.05, 4.69) is 10.3 Å². The Morgan fingerprint density at radius 3 is 2.85 bits per heavy atom. The van der Waals surface area contributed by atoms with Gasteiger partial charge in [0.05, 0.1) is 12.7 Å². The average molecular weight is 371 g/mol. The van der Waals surface area contributed by atoms with Crippen LogP contribution < -0.4 is 15.8 Å². The van der Waals surface area contributed by atoms with Crippen molar-refractivity contribution in [3.63, 3.8) is 0 Å².